The molecule has 3 nitrogen and oxygen atoms in total. The Labute approximate surface area is 139 Å². The summed E-state index contributed by atoms with van der Waals surface area (Å²) in [6.07, 6.45) is 0. The minimum Gasteiger partial charge on any atom is -0.457 e. The van der Waals surface area contributed by atoms with Crippen LogP contribution in [0, 0.1) is 13.8 Å². The fraction of sp³-hybridized carbons (Fsp3) is 0.105. The predicted octanol–water partition coefficient (Wildman–Crippen LogP) is 5.41. The van der Waals surface area contributed by atoms with E-state index in [-0.39, 0.29) is 5.91 Å². The molecule has 0 bridgehead atoms. The zero-order valence-corrected chi connectivity index (χ0v) is 13.8. The molecule has 0 aliphatic rings. The van der Waals surface area contributed by atoms with Gasteiger partial charge in [0.25, 0.3) is 5.91 Å². The molecule has 1 heterocycles. The third-order valence-corrected chi connectivity index (χ3v) is 4.63. The lowest BCUT2D eigenvalue weighted by molar-refractivity contribution is 0.102. The average molecular weight is 323 g/mol. The van der Waals surface area contributed by atoms with Crippen LogP contribution >= 0.6 is 11.3 Å². The lowest BCUT2D eigenvalue weighted by atomic mass is 10.1. The first-order valence-electron chi connectivity index (χ1n) is 7.32. The third-order valence-electron chi connectivity index (χ3n) is 3.62. The molecular formula is C19H17NO2S. The van der Waals surface area contributed by atoms with Crippen LogP contribution in [0.4, 0.5) is 5.69 Å². The second-order valence-corrected chi connectivity index (χ2v) is 6.31. The molecule has 0 unspecified atom stereocenters. The molecule has 2 aromatic carbocycles. The van der Waals surface area contributed by atoms with Crippen LogP contribution in [0.3, 0.4) is 0 Å². The van der Waals surface area contributed by atoms with Gasteiger partial charge in [-0.1, -0.05) is 18.2 Å². The van der Waals surface area contributed by atoms with Gasteiger partial charge in [-0.25, -0.2) is 0 Å². The van der Waals surface area contributed by atoms with Crippen molar-refractivity contribution in [1.82, 2.24) is 0 Å². The first-order valence-corrected chi connectivity index (χ1v) is 8.20. The monoisotopic (exact) mass is 323 g/mol. The summed E-state index contributed by atoms with van der Waals surface area (Å²) in [5, 5.41) is 4.81. The average Bonchev–Trinajstić information content (AvgIpc) is 2.90. The minimum absolute atomic E-state index is 0.0800. The number of benzene rings is 2. The van der Waals surface area contributed by atoms with E-state index in [0.717, 1.165) is 28.3 Å². The summed E-state index contributed by atoms with van der Waals surface area (Å²) in [5.41, 5.74) is 2.52. The van der Waals surface area contributed by atoms with Crippen molar-refractivity contribution in [2.45, 2.75) is 13.8 Å². The zero-order valence-electron chi connectivity index (χ0n) is 13.0. The number of rotatable bonds is 4. The molecule has 4 heteroatoms. The van der Waals surface area contributed by atoms with Gasteiger partial charge >= 0.3 is 0 Å². The van der Waals surface area contributed by atoms with Crippen LogP contribution in [-0.4, -0.2) is 5.91 Å². The Morgan fingerprint density at radius 1 is 0.957 bits per heavy atom. The molecule has 0 aliphatic heterocycles. The first kappa shape index (κ1) is 15.3. The number of anilines is 1. The highest BCUT2D eigenvalue weighted by atomic mass is 32.1. The SMILES string of the molecule is Cc1scc(C(=O)Nc2ccc(Oc3ccccc3)cc2)c1C. The number of carbonyl (C=O) groups excluding carboxylic acids is 1. The Balaban J connectivity index is 1.68. The Morgan fingerprint density at radius 3 is 2.22 bits per heavy atom. The molecule has 3 aromatic rings. The van der Waals surface area contributed by atoms with E-state index in [1.165, 1.54) is 4.88 Å². The Bertz CT molecular complexity index is 807. The molecule has 1 N–H and O–H groups in total. The van der Waals surface area contributed by atoms with Crippen molar-refractivity contribution in [1.29, 1.82) is 0 Å². The summed E-state index contributed by atoms with van der Waals surface area (Å²) < 4.78 is 5.73. The highest BCUT2D eigenvalue weighted by molar-refractivity contribution is 7.10. The van der Waals surface area contributed by atoms with Crippen molar-refractivity contribution in [3.63, 3.8) is 0 Å². The molecule has 0 fully saturated rings. The summed E-state index contributed by atoms with van der Waals surface area (Å²) in [6, 6.07) is 17.0. The van der Waals surface area contributed by atoms with Crippen LogP contribution in [-0.2, 0) is 0 Å². The van der Waals surface area contributed by atoms with Crippen LogP contribution in [0.5, 0.6) is 11.5 Å². The summed E-state index contributed by atoms with van der Waals surface area (Å²) >= 11 is 1.59. The number of ether oxygens (including phenoxy) is 1. The van der Waals surface area contributed by atoms with Crippen LogP contribution in [0.2, 0.25) is 0 Å². The van der Waals surface area contributed by atoms with Crippen molar-refractivity contribution in [3.8, 4) is 11.5 Å². The van der Waals surface area contributed by atoms with Gasteiger partial charge in [-0.3, -0.25) is 4.79 Å². The van der Waals surface area contributed by atoms with Gasteiger partial charge < -0.3 is 10.1 Å². The largest absolute Gasteiger partial charge is 0.457 e. The maximum absolute atomic E-state index is 12.3. The molecule has 0 aliphatic carbocycles. The van der Waals surface area contributed by atoms with Gasteiger partial charge in [-0.15, -0.1) is 11.3 Å². The van der Waals surface area contributed by atoms with Crippen LogP contribution in [0.15, 0.2) is 60.0 Å². The molecule has 0 radical (unpaired) electrons. The second-order valence-electron chi connectivity index (χ2n) is 5.22. The minimum atomic E-state index is -0.0800. The lowest BCUT2D eigenvalue weighted by Crippen LogP contribution is -2.12. The van der Waals surface area contributed by atoms with E-state index in [1.807, 2.05) is 73.8 Å². The van der Waals surface area contributed by atoms with Gasteiger partial charge in [0.05, 0.1) is 5.56 Å². The van der Waals surface area contributed by atoms with E-state index in [1.54, 1.807) is 11.3 Å². The number of hydrogen-bond donors (Lipinski definition) is 1. The molecular weight excluding hydrogens is 306 g/mol. The van der Waals surface area contributed by atoms with Crippen molar-refractivity contribution in [3.05, 3.63) is 76.0 Å². The van der Waals surface area contributed by atoms with E-state index in [0.29, 0.717) is 0 Å². The van der Waals surface area contributed by atoms with Gasteiger partial charge in [0, 0.05) is 15.9 Å². The molecule has 3 rings (SSSR count). The Hall–Kier alpha value is -2.59. The number of amides is 1. The fourth-order valence-electron chi connectivity index (χ4n) is 2.17. The fourth-order valence-corrected chi connectivity index (χ4v) is 3.03. The number of aryl methyl sites for hydroxylation is 1. The highest BCUT2D eigenvalue weighted by Crippen LogP contribution is 2.24. The molecule has 0 saturated heterocycles. The van der Waals surface area contributed by atoms with Crippen molar-refractivity contribution >= 4 is 22.9 Å². The van der Waals surface area contributed by atoms with E-state index in [9.17, 15) is 4.79 Å². The number of thiophene rings is 1. The van der Waals surface area contributed by atoms with Gasteiger partial charge in [0.15, 0.2) is 0 Å². The van der Waals surface area contributed by atoms with Gasteiger partial charge in [0.2, 0.25) is 0 Å². The van der Waals surface area contributed by atoms with Gasteiger partial charge in [-0.2, -0.15) is 0 Å². The second kappa shape index (κ2) is 6.67. The third kappa shape index (κ3) is 3.60. The van der Waals surface area contributed by atoms with Crippen LogP contribution in [0.1, 0.15) is 20.8 Å². The van der Waals surface area contributed by atoms with Crippen LogP contribution in [0.25, 0.3) is 0 Å². The molecule has 0 saturated carbocycles. The predicted molar refractivity (Wildman–Crippen MR) is 94.7 cm³/mol. The molecule has 1 aromatic heterocycles. The molecule has 23 heavy (non-hydrogen) atoms. The Morgan fingerprint density at radius 2 is 1.61 bits per heavy atom. The van der Waals surface area contributed by atoms with Crippen molar-refractivity contribution in [2.75, 3.05) is 5.32 Å². The van der Waals surface area contributed by atoms with E-state index < -0.39 is 0 Å². The quantitative estimate of drug-likeness (QED) is 0.697. The normalized spacial score (nSPS) is 10.3. The summed E-state index contributed by atoms with van der Waals surface area (Å²) in [5.74, 6) is 1.44. The summed E-state index contributed by atoms with van der Waals surface area (Å²) in [4.78, 5) is 13.5. The van der Waals surface area contributed by atoms with Gasteiger partial charge in [-0.05, 0) is 55.8 Å². The Kier molecular flexibility index (Phi) is 4.44. The van der Waals surface area contributed by atoms with E-state index >= 15 is 0 Å². The first-order chi connectivity index (χ1) is 11.1. The highest BCUT2D eigenvalue weighted by Gasteiger charge is 2.12. The summed E-state index contributed by atoms with van der Waals surface area (Å²) in [7, 11) is 0. The number of para-hydroxylation sites is 1. The molecule has 1 amide bonds. The molecule has 0 atom stereocenters. The van der Waals surface area contributed by atoms with Crippen molar-refractivity contribution in [2.24, 2.45) is 0 Å². The summed E-state index contributed by atoms with van der Waals surface area (Å²) in [6.45, 7) is 3.99. The standard InChI is InChI=1S/C19H17NO2S/c1-13-14(2)23-12-18(13)19(21)20-15-8-10-17(11-9-15)22-16-6-4-3-5-7-16/h3-12H,1-2H3,(H,20,21). The topological polar surface area (TPSA) is 38.3 Å². The zero-order chi connectivity index (χ0) is 16.2. The van der Waals surface area contributed by atoms with E-state index in [4.69, 9.17) is 4.74 Å². The number of nitrogens with one attached hydrogen (secondary N) is 1. The molecule has 116 valence electrons. The molecule has 0 spiro atoms. The van der Waals surface area contributed by atoms with Crippen LogP contribution < -0.4 is 10.1 Å². The maximum atomic E-state index is 12.3. The number of carbonyl (C=O) groups is 1. The smallest absolute Gasteiger partial charge is 0.256 e. The lowest BCUT2D eigenvalue weighted by Gasteiger charge is -2.08. The maximum Gasteiger partial charge on any atom is 0.256 e. The van der Waals surface area contributed by atoms with Gasteiger partial charge in [0.1, 0.15) is 11.5 Å². The number of hydrogen-bond acceptors (Lipinski definition) is 3. The van der Waals surface area contributed by atoms with E-state index in [2.05, 4.69) is 5.32 Å². The van der Waals surface area contributed by atoms with Crippen molar-refractivity contribution < 1.29 is 9.53 Å².